The molecule has 0 radical (unpaired) electrons. The van der Waals surface area contributed by atoms with Crippen LogP contribution in [-0.2, 0) is 27.2 Å². The van der Waals surface area contributed by atoms with Crippen LogP contribution >= 0.6 is 15.9 Å². The Bertz CT molecular complexity index is 1120. The van der Waals surface area contributed by atoms with Gasteiger partial charge in [-0.05, 0) is 62.1 Å². The minimum Gasteiger partial charge on any atom is -0.506 e. The molecule has 212 valence electrons. The Morgan fingerprint density at radius 1 is 1.10 bits per heavy atom. The first-order valence-electron chi connectivity index (χ1n) is 14.0. The SMILES string of the molecule is CN(CCc1ccc(O)c2c1OCC(=O)N2)CCN(C(=O)CCOCCc1cccc(Br)c1)C1CCCCC1. The third-order valence-corrected chi connectivity index (χ3v) is 8.03. The first-order valence-corrected chi connectivity index (χ1v) is 14.8. The fraction of sp³-hybridized carbons (Fsp3) is 0.533. The number of phenols is 1. The topological polar surface area (TPSA) is 91.3 Å². The zero-order valence-electron chi connectivity index (χ0n) is 22.8. The molecule has 0 aromatic heterocycles. The number of rotatable bonds is 13. The van der Waals surface area contributed by atoms with Gasteiger partial charge in [-0.1, -0.05) is 53.4 Å². The quantitative estimate of drug-likeness (QED) is 0.254. The number of amides is 2. The van der Waals surface area contributed by atoms with Gasteiger partial charge in [-0.25, -0.2) is 0 Å². The van der Waals surface area contributed by atoms with E-state index in [0.717, 1.165) is 42.4 Å². The molecule has 9 heteroatoms. The molecule has 2 amide bonds. The Morgan fingerprint density at radius 3 is 2.72 bits per heavy atom. The maximum Gasteiger partial charge on any atom is 0.262 e. The smallest absolute Gasteiger partial charge is 0.262 e. The van der Waals surface area contributed by atoms with E-state index in [1.165, 1.54) is 24.8 Å². The molecule has 2 aliphatic rings. The van der Waals surface area contributed by atoms with Crippen LogP contribution < -0.4 is 10.1 Å². The number of halogens is 1. The molecule has 1 aliphatic carbocycles. The Hall–Kier alpha value is -2.62. The van der Waals surface area contributed by atoms with E-state index in [-0.39, 0.29) is 24.2 Å². The zero-order valence-corrected chi connectivity index (χ0v) is 24.4. The second-order valence-corrected chi connectivity index (χ2v) is 11.4. The number of phenolic OH excluding ortho intramolecular Hbond substituents is 1. The Morgan fingerprint density at radius 2 is 1.92 bits per heavy atom. The molecule has 2 aromatic rings. The lowest BCUT2D eigenvalue weighted by Gasteiger charge is -2.35. The van der Waals surface area contributed by atoms with Gasteiger partial charge in [-0.15, -0.1) is 0 Å². The number of nitrogens with one attached hydrogen (secondary N) is 1. The van der Waals surface area contributed by atoms with Crippen LogP contribution in [0, 0.1) is 0 Å². The lowest BCUT2D eigenvalue weighted by Crippen LogP contribution is -2.45. The summed E-state index contributed by atoms with van der Waals surface area (Å²) in [5.74, 6) is 0.458. The number of fused-ring (bicyclic) bond motifs is 1. The monoisotopic (exact) mass is 601 g/mol. The Kier molecular flexibility index (Phi) is 11.1. The maximum atomic E-state index is 13.3. The highest BCUT2D eigenvalue weighted by Gasteiger charge is 2.26. The highest BCUT2D eigenvalue weighted by atomic mass is 79.9. The molecule has 0 atom stereocenters. The van der Waals surface area contributed by atoms with Crippen LogP contribution in [0.25, 0.3) is 0 Å². The molecule has 2 aromatic carbocycles. The van der Waals surface area contributed by atoms with E-state index in [1.807, 2.05) is 18.2 Å². The fourth-order valence-electron chi connectivity index (χ4n) is 5.30. The highest BCUT2D eigenvalue weighted by molar-refractivity contribution is 9.10. The summed E-state index contributed by atoms with van der Waals surface area (Å²) in [7, 11) is 2.06. The Labute approximate surface area is 239 Å². The molecular formula is C30H40BrN3O5. The molecule has 2 N–H and O–H groups in total. The third kappa shape index (κ3) is 8.68. The zero-order chi connectivity index (χ0) is 27.6. The molecule has 4 rings (SSSR count). The lowest BCUT2D eigenvalue weighted by atomic mass is 9.94. The van der Waals surface area contributed by atoms with Crippen LogP contribution in [0.5, 0.6) is 11.5 Å². The molecule has 1 heterocycles. The van der Waals surface area contributed by atoms with Crippen LogP contribution in [0.2, 0.25) is 0 Å². The van der Waals surface area contributed by atoms with E-state index in [9.17, 15) is 14.7 Å². The molecule has 0 spiro atoms. The summed E-state index contributed by atoms with van der Waals surface area (Å²) in [6.45, 7) is 3.21. The fourth-order valence-corrected chi connectivity index (χ4v) is 5.75. The summed E-state index contributed by atoms with van der Waals surface area (Å²) in [6, 6.07) is 12.0. The second kappa shape index (κ2) is 14.7. The van der Waals surface area contributed by atoms with Crippen molar-refractivity contribution < 1.29 is 24.2 Å². The lowest BCUT2D eigenvalue weighted by molar-refractivity contribution is -0.135. The van der Waals surface area contributed by atoms with Gasteiger partial charge in [0.25, 0.3) is 5.91 Å². The van der Waals surface area contributed by atoms with Crippen molar-refractivity contribution in [3.63, 3.8) is 0 Å². The predicted molar refractivity (Wildman–Crippen MR) is 155 cm³/mol. The molecule has 0 bridgehead atoms. The Balaban J connectivity index is 1.25. The summed E-state index contributed by atoms with van der Waals surface area (Å²) in [4.78, 5) is 29.3. The first kappa shape index (κ1) is 29.4. The molecule has 1 saturated carbocycles. The minimum atomic E-state index is -0.269. The normalized spacial score (nSPS) is 15.5. The van der Waals surface area contributed by atoms with Gasteiger partial charge in [0.2, 0.25) is 5.91 Å². The minimum absolute atomic E-state index is 0.00825. The van der Waals surface area contributed by atoms with Crippen LogP contribution in [-0.4, -0.2) is 79.3 Å². The average Bonchev–Trinajstić information content (AvgIpc) is 2.93. The van der Waals surface area contributed by atoms with Crippen LogP contribution in [0.1, 0.15) is 49.7 Å². The summed E-state index contributed by atoms with van der Waals surface area (Å²) in [5, 5.41) is 12.8. The largest absolute Gasteiger partial charge is 0.506 e. The van der Waals surface area contributed by atoms with Gasteiger partial charge in [-0.2, -0.15) is 0 Å². The van der Waals surface area contributed by atoms with E-state index in [0.29, 0.717) is 50.1 Å². The number of benzene rings is 2. The number of nitrogens with zero attached hydrogens (tertiary/aromatic N) is 2. The molecule has 39 heavy (non-hydrogen) atoms. The first-order chi connectivity index (χ1) is 18.9. The molecule has 0 saturated heterocycles. The second-order valence-electron chi connectivity index (χ2n) is 10.5. The number of hydrogen-bond acceptors (Lipinski definition) is 6. The van der Waals surface area contributed by atoms with Crippen molar-refractivity contribution in [1.82, 2.24) is 9.80 Å². The number of anilines is 1. The van der Waals surface area contributed by atoms with Crippen molar-refractivity contribution in [1.29, 1.82) is 0 Å². The van der Waals surface area contributed by atoms with Gasteiger partial charge in [-0.3, -0.25) is 9.59 Å². The van der Waals surface area contributed by atoms with Crippen LogP contribution in [0.4, 0.5) is 5.69 Å². The van der Waals surface area contributed by atoms with Gasteiger partial charge in [0, 0.05) is 30.1 Å². The summed E-state index contributed by atoms with van der Waals surface area (Å²) in [5.41, 5.74) is 2.50. The van der Waals surface area contributed by atoms with Gasteiger partial charge in [0.1, 0.15) is 11.4 Å². The number of aromatic hydroxyl groups is 1. The highest BCUT2D eigenvalue weighted by Crippen LogP contribution is 2.39. The number of carbonyl (C=O) groups excluding carboxylic acids is 2. The van der Waals surface area contributed by atoms with E-state index >= 15 is 0 Å². The van der Waals surface area contributed by atoms with Crippen molar-refractivity contribution in [3.8, 4) is 11.5 Å². The van der Waals surface area contributed by atoms with E-state index in [2.05, 4.69) is 50.2 Å². The van der Waals surface area contributed by atoms with Gasteiger partial charge >= 0.3 is 0 Å². The predicted octanol–water partition coefficient (Wildman–Crippen LogP) is 4.77. The van der Waals surface area contributed by atoms with Crippen molar-refractivity contribution >= 4 is 33.4 Å². The van der Waals surface area contributed by atoms with Gasteiger partial charge in [0.05, 0.1) is 19.6 Å². The standard InChI is InChI=1S/C30H40BrN3O5/c1-33(15-12-23-10-11-26(35)29-30(23)39-21-27(36)32-29)16-17-34(25-8-3-2-4-9-25)28(37)14-19-38-18-13-22-6-5-7-24(31)20-22/h5-7,10-11,20,25,35H,2-4,8-9,12-19,21H2,1H3,(H,32,36). The van der Waals surface area contributed by atoms with Gasteiger partial charge < -0.3 is 29.7 Å². The number of ether oxygens (including phenoxy) is 2. The molecule has 8 nitrogen and oxygen atoms in total. The van der Waals surface area contributed by atoms with Crippen molar-refractivity contribution in [2.45, 2.75) is 57.4 Å². The van der Waals surface area contributed by atoms with Crippen LogP contribution in [0.15, 0.2) is 40.9 Å². The van der Waals surface area contributed by atoms with Crippen LogP contribution in [0.3, 0.4) is 0 Å². The summed E-state index contributed by atoms with van der Waals surface area (Å²) < 4.78 is 12.5. The summed E-state index contributed by atoms with van der Waals surface area (Å²) >= 11 is 3.50. The third-order valence-electron chi connectivity index (χ3n) is 7.53. The number of likely N-dealkylation sites (N-methyl/N-ethyl adjacent to an activating group) is 1. The molecule has 0 unspecified atom stereocenters. The average molecular weight is 603 g/mol. The van der Waals surface area contributed by atoms with Crippen molar-refractivity contribution in [2.24, 2.45) is 0 Å². The van der Waals surface area contributed by atoms with E-state index in [1.54, 1.807) is 6.07 Å². The van der Waals surface area contributed by atoms with Crippen molar-refractivity contribution in [3.05, 3.63) is 52.0 Å². The van der Waals surface area contributed by atoms with Gasteiger partial charge in [0.15, 0.2) is 12.4 Å². The number of carbonyl (C=O) groups is 2. The molecule has 1 aliphatic heterocycles. The summed E-state index contributed by atoms with van der Waals surface area (Å²) in [6.07, 6.45) is 7.68. The number of hydrogen-bond donors (Lipinski definition) is 2. The molecular weight excluding hydrogens is 562 g/mol. The van der Waals surface area contributed by atoms with E-state index < -0.39 is 0 Å². The van der Waals surface area contributed by atoms with Crippen molar-refractivity contribution in [2.75, 3.05) is 51.8 Å². The molecule has 1 fully saturated rings. The van der Waals surface area contributed by atoms with E-state index in [4.69, 9.17) is 9.47 Å². The maximum absolute atomic E-state index is 13.3.